The van der Waals surface area contributed by atoms with Gasteiger partial charge in [0.25, 0.3) is 0 Å². The Morgan fingerprint density at radius 3 is 2.33 bits per heavy atom. The third kappa shape index (κ3) is 2.64. The van der Waals surface area contributed by atoms with E-state index >= 15 is 0 Å². The number of nitriles is 1. The molecule has 0 atom stereocenters. The van der Waals surface area contributed by atoms with Gasteiger partial charge < -0.3 is 4.90 Å². The predicted molar refractivity (Wildman–Crippen MR) is 71.4 cm³/mol. The topological polar surface area (TPSA) is 39.9 Å². The van der Waals surface area contributed by atoms with Crippen molar-refractivity contribution in [2.24, 2.45) is 11.8 Å². The van der Waals surface area contributed by atoms with E-state index in [4.69, 9.17) is 5.26 Å². The second-order valence-corrected chi connectivity index (χ2v) is 5.74. The lowest BCUT2D eigenvalue weighted by molar-refractivity contribution is 0.671. The van der Waals surface area contributed by atoms with Crippen molar-refractivity contribution in [3.63, 3.8) is 0 Å². The minimum atomic E-state index is 0.573. The minimum absolute atomic E-state index is 0.573. The average molecular weight is 241 g/mol. The molecule has 0 bridgehead atoms. The molecule has 0 aliphatic heterocycles. The van der Waals surface area contributed by atoms with Crippen molar-refractivity contribution in [1.29, 1.82) is 5.26 Å². The Labute approximate surface area is 108 Å². The van der Waals surface area contributed by atoms with Crippen LogP contribution in [0.4, 0.5) is 5.82 Å². The molecule has 3 heteroatoms. The summed E-state index contributed by atoms with van der Waals surface area (Å²) in [7, 11) is 0. The van der Waals surface area contributed by atoms with E-state index in [0.717, 1.165) is 36.3 Å². The van der Waals surface area contributed by atoms with Crippen LogP contribution in [-0.4, -0.2) is 18.1 Å². The highest BCUT2D eigenvalue weighted by molar-refractivity contribution is 5.45. The maximum absolute atomic E-state index is 9.08. The van der Waals surface area contributed by atoms with Gasteiger partial charge in [0, 0.05) is 13.1 Å². The van der Waals surface area contributed by atoms with Gasteiger partial charge in [-0.2, -0.15) is 5.26 Å². The third-order valence-electron chi connectivity index (χ3n) is 3.86. The summed E-state index contributed by atoms with van der Waals surface area (Å²) < 4.78 is 0. The summed E-state index contributed by atoms with van der Waals surface area (Å²) >= 11 is 0. The van der Waals surface area contributed by atoms with Gasteiger partial charge >= 0.3 is 0 Å². The van der Waals surface area contributed by atoms with Gasteiger partial charge in [0.15, 0.2) is 0 Å². The molecule has 94 valence electrons. The number of aryl methyl sites for hydroxylation is 1. The molecule has 0 radical (unpaired) electrons. The van der Waals surface area contributed by atoms with Crippen LogP contribution in [0.5, 0.6) is 0 Å². The number of rotatable bonds is 5. The molecule has 3 rings (SSSR count). The first-order valence-electron chi connectivity index (χ1n) is 6.89. The Hall–Kier alpha value is -1.56. The molecular weight excluding hydrogens is 222 g/mol. The molecule has 2 saturated carbocycles. The van der Waals surface area contributed by atoms with Crippen LogP contribution in [0.25, 0.3) is 0 Å². The molecule has 0 unspecified atom stereocenters. The molecular formula is C15H19N3. The first-order valence-corrected chi connectivity index (χ1v) is 6.89. The van der Waals surface area contributed by atoms with Gasteiger partial charge in [-0.1, -0.05) is 6.07 Å². The van der Waals surface area contributed by atoms with Crippen LogP contribution >= 0.6 is 0 Å². The molecule has 0 amide bonds. The molecule has 1 aromatic rings. The van der Waals surface area contributed by atoms with Crippen LogP contribution in [0, 0.1) is 30.1 Å². The molecule has 1 heterocycles. The Kier molecular flexibility index (Phi) is 2.95. The maximum atomic E-state index is 9.08. The fourth-order valence-corrected chi connectivity index (χ4v) is 2.29. The van der Waals surface area contributed by atoms with Gasteiger partial charge in [-0.05, 0) is 56.1 Å². The van der Waals surface area contributed by atoms with Crippen molar-refractivity contribution in [2.45, 2.75) is 32.6 Å². The Morgan fingerprint density at radius 1 is 1.22 bits per heavy atom. The summed E-state index contributed by atoms with van der Waals surface area (Å²) in [5.74, 6) is 2.71. The Balaban J connectivity index is 1.80. The first kappa shape index (κ1) is 11.5. The van der Waals surface area contributed by atoms with Gasteiger partial charge in [0.1, 0.15) is 17.6 Å². The number of nitrogens with zero attached hydrogens (tertiary/aromatic N) is 3. The lowest BCUT2D eigenvalue weighted by Gasteiger charge is -2.24. The highest BCUT2D eigenvalue weighted by atomic mass is 15.2. The normalized spacial score (nSPS) is 18.4. The number of hydrogen-bond acceptors (Lipinski definition) is 3. The van der Waals surface area contributed by atoms with Gasteiger partial charge in [-0.15, -0.1) is 0 Å². The van der Waals surface area contributed by atoms with Gasteiger partial charge in [-0.25, -0.2) is 4.98 Å². The number of pyridine rings is 1. The van der Waals surface area contributed by atoms with E-state index < -0.39 is 0 Å². The highest BCUT2D eigenvalue weighted by Crippen LogP contribution is 2.35. The minimum Gasteiger partial charge on any atom is -0.356 e. The number of hydrogen-bond donors (Lipinski definition) is 0. The second-order valence-electron chi connectivity index (χ2n) is 5.74. The molecule has 18 heavy (non-hydrogen) atoms. The van der Waals surface area contributed by atoms with Crippen LogP contribution in [0.3, 0.4) is 0 Å². The zero-order valence-corrected chi connectivity index (χ0v) is 10.9. The van der Waals surface area contributed by atoms with Crippen molar-refractivity contribution in [2.75, 3.05) is 18.0 Å². The summed E-state index contributed by atoms with van der Waals surface area (Å²) in [5.41, 5.74) is 1.54. The summed E-state index contributed by atoms with van der Waals surface area (Å²) in [6.07, 6.45) is 5.44. The van der Waals surface area contributed by atoms with Crippen molar-refractivity contribution < 1.29 is 0 Å². The zero-order valence-electron chi connectivity index (χ0n) is 10.9. The van der Waals surface area contributed by atoms with Gasteiger partial charge in [0.05, 0.1) is 0 Å². The van der Waals surface area contributed by atoms with E-state index in [2.05, 4.69) is 22.0 Å². The fourth-order valence-electron chi connectivity index (χ4n) is 2.29. The molecule has 0 aromatic carbocycles. The van der Waals surface area contributed by atoms with Crippen LogP contribution in [-0.2, 0) is 0 Å². The average Bonchev–Trinajstić information content (AvgIpc) is 3.24. The number of aromatic nitrogens is 1. The van der Waals surface area contributed by atoms with Crippen molar-refractivity contribution in [3.05, 3.63) is 23.4 Å². The first-order chi connectivity index (χ1) is 8.76. The lowest BCUT2D eigenvalue weighted by Crippen LogP contribution is -2.29. The Morgan fingerprint density at radius 2 is 1.83 bits per heavy atom. The van der Waals surface area contributed by atoms with E-state index in [1.165, 1.54) is 25.7 Å². The second kappa shape index (κ2) is 4.61. The van der Waals surface area contributed by atoms with Gasteiger partial charge in [0.2, 0.25) is 0 Å². The summed E-state index contributed by atoms with van der Waals surface area (Å²) in [4.78, 5) is 6.92. The van der Waals surface area contributed by atoms with E-state index in [-0.39, 0.29) is 0 Å². The maximum Gasteiger partial charge on any atom is 0.145 e. The van der Waals surface area contributed by atoms with E-state index in [1.807, 2.05) is 13.0 Å². The van der Waals surface area contributed by atoms with E-state index in [1.54, 1.807) is 0 Å². The third-order valence-corrected chi connectivity index (χ3v) is 3.86. The van der Waals surface area contributed by atoms with Crippen LogP contribution in [0.2, 0.25) is 0 Å². The summed E-state index contributed by atoms with van der Waals surface area (Å²) in [6.45, 7) is 4.19. The quantitative estimate of drug-likeness (QED) is 0.795. The van der Waals surface area contributed by atoms with E-state index in [9.17, 15) is 0 Å². The molecule has 2 fully saturated rings. The molecule has 3 nitrogen and oxygen atoms in total. The SMILES string of the molecule is Cc1ccc(N(CC2CC2)CC2CC2)nc1C#N. The zero-order chi connectivity index (χ0) is 12.5. The van der Waals surface area contributed by atoms with Crippen molar-refractivity contribution >= 4 is 5.82 Å². The molecule has 0 spiro atoms. The predicted octanol–water partition coefficient (Wildman–Crippen LogP) is 2.89. The molecule has 2 aliphatic carbocycles. The lowest BCUT2D eigenvalue weighted by atomic mass is 10.2. The highest BCUT2D eigenvalue weighted by Gasteiger charge is 2.29. The summed E-state index contributed by atoms with van der Waals surface area (Å²) in [5, 5.41) is 9.08. The fraction of sp³-hybridized carbons (Fsp3) is 0.600. The largest absolute Gasteiger partial charge is 0.356 e. The van der Waals surface area contributed by atoms with E-state index in [0.29, 0.717) is 5.69 Å². The van der Waals surface area contributed by atoms with Gasteiger partial charge in [-0.3, -0.25) is 0 Å². The molecule has 0 N–H and O–H groups in total. The molecule has 2 aliphatic rings. The Bertz CT molecular complexity index is 467. The van der Waals surface area contributed by atoms with Crippen molar-refractivity contribution in [3.8, 4) is 6.07 Å². The monoisotopic (exact) mass is 241 g/mol. The summed E-state index contributed by atoms with van der Waals surface area (Å²) in [6, 6.07) is 6.28. The van der Waals surface area contributed by atoms with Crippen LogP contribution in [0.15, 0.2) is 12.1 Å². The number of anilines is 1. The molecule has 0 saturated heterocycles. The standard InChI is InChI=1S/C15H19N3/c1-11-2-7-15(17-14(11)8-16)18(9-12-3-4-12)10-13-5-6-13/h2,7,12-13H,3-6,9-10H2,1H3. The van der Waals surface area contributed by atoms with Crippen LogP contribution in [0.1, 0.15) is 36.9 Å². The van der Waals surface area contributed by atoms with Crippen molar-refractivity contribution in [1.82, 2.24) is 4.98 Å². The molecule has 1 aromatic heterocycles. The smallest absolute Gasteiger partial charge is 0.145 e. The van der Waals surface area contributed by atoms with Crippen LogP contribution < -0.4 is 4.90 Å².